The molecule has 0 aromatic heterocycles. The van der Waals surface area contributed by atoms with Gasteiger partial charge in [0.05, 0.1) is 9.85 Å². The Bertz CT molecular complexity index is 670. The molecule has 0 aliphatic carbocycles. The Morgan fingerprint density at radius 3 is 1.42 bits per heavy atom. The van der Waals surface area contributed by atoms with Gasteiger partial charge in [-0.15, -0.1) is 0 Å². The lowest BCUT2D eigenvalue weighted by molar-refractivity contribution is -0.385. The maximum atomic E-state index is 10.6. The molecule has 0 fully saturated rings. The van der Waals surface area contributed by atoms with Crippen LogP contribution in [0.4, 0.5) is 22.7 Å². The fourth-order valence-electron chi connectivity index (χ4n) is 2.30. The first-order chi connectivity index (χ1) is 12.5. The van der Waals surface area contributed by atoms with Gasteiger partial charge in [0.1, 0.15) is 0 Å². The second-order valence-electron chi connectivity index (χ2n) is 5.76. The highest BCUT2D eigenvalue weighted by atomic mass is 16.6. The van der Waals surface area contributed by atoms with E-state index in [1.165, 1.54) is 24.3 Å². The topological polar surface area (TPSA) is 114 Å². The summed E-state index contributed by atoms with van der Waals surface area (Å²) < 4.78 is 0. The van der Waals surface area contributed by atoms with Crippen LogP contribution in [0.2, 0.25) is 0 Å². The molecule has 2 rings (SSSR count). The van der Waals surface area contributed by atoms with Crippen molar-refractivity contribution in [2.45, 2.75) is 0 Å². The number of likely N-dealkylation sites (N-methyl/N-ethyl adjacent to an activating group) is 1. The Kier molecular flexibility index (Phi) is 6.86. The first-order valence-electron chi connectivity index (χ1n) is 8.11. The Labute approximate surface area is 150 Å². The van der Waals surface area contributed by atoms with Crippen LogP contribution in [-0.4, -0.2) is 48.0 Å². The van der Waals surface area contributed by atoms with E-state index in [-0.39, 0.29) is 11.4 Å². The fourth-order valence-corrected chi connectivity index (χ4v) is 2.30. The van der Waals surface area contributed by atoms with Gasteiger partial charge in [-0.3, -0.25) is 20.2 Å². The van der Waals surface area contributed by atoms with Crippen molar-refractivity contribution in [2.24, 2.45) is 0 Å². The number of anilines is 2. The summed E-state index contributed by atoms with van der Waals surface area (Å²) in [6.45, 7) is 3.04. The minimum Gasteiger partial charge on any atom is -0.384 e. The van der Waals surface area contributed by atoms with Crippen LogP contribution < -0.4 is 10.6 Å². The van der Waals surface area contributed by atoms with E-state index in [2.05, 4.69) is 15.5 Å². The molecule has 2 N–H and O–H groups in total. The van der Waals surface area contributed by atoms with E-state index in [4.69, 9.17) is 0 Å². The number of nitro benzene ring substituents is 2. The Balaban J connectivity index is 1.64. The van der Waals surface area contributed by atoms with Crippen molar-refractivity contribution >= 4 is 22.7 Å². The van der Waals surface area contributed by atoms with E-state index in [9.17, 15) is 20.2 Å². The maximum absolute atomic E-state index is 10.6. The fraction of sp³-hybridized carbons (Fsp3) is 0.294. The zero-order valence-electron chi connectivity index (χ0n) is 14.4. The molecule has 26 heavy (non-hydrogen) atoms. The summed E-state index contributed by atoms with van der Waals surface area (Å²) in [7, 11) is 2.00. The van der Waals surface area contributed by atoms with Crippen molar-refractivity contribution in [2.75, 3.05) is 43.9 Å². The lowest BCUT2D eigenvalue weighted by Crippen LogP contribution is -2.29. The third-order valence-electron chi connectivity index (χ3n) is 3.80. The molecule has 0 unspecified atom stereocenters. The molecular formula is C17H21N5O4. The van der Waals surface area contributed by atoms with Gasteiger partial charge in [0.2, 0.25) is 0 Å². The largest absolute Gasteiger partial charge is 0.384 e. The van der Waals surface area contributed by atoms with Crippen LogP contribution in [-0.2, 0) is 0 Å². The van der Waals surface area contributed by atoms with E-state index in [0.29, 0.717) is 13.1 Å². The number of hydrogen-bond acceptors (Lipinski definition) is 7. The Morgan fingerprint density at radius 1 is 0.769 bits per heavy atom. The van der Waals surface area contributed by atoms with Crippen molar-refractivity contribution in [3.63, 3.8) is 0 Å². The molecular weight excluding hydrogens is 338 g/mol. The third kappa shape index (κ3) is 6.02. The van der Waals surface area contributed by atoms with E-state index < -0.39 is 9.85 Å². The smallest absolute Gasteiger partial charge is 0.269 e. The van der Waals surface area contributed by atoms with Crippen LogP contribution >= 0.6 is 0 Å². The van der Waals surface area contributed by atoms with E-state index in [1.807, 2.05) is 7.05 Å². The van der Waals surface area contributed by atoms with Crippen LogP contribution in [0.5, 0.6) is 0 Å². The highest BCUT2D eigenvalue weighted by molar-refractivity contribution is 5.49. The second-order valence-corrected chi connectivity index (χ2v) is 5.76. The van der Waals surface area contributed by atoms with Gasteiger partial charge in [-0.1, -0.05) is 0 Å². The van der Waals surface area contributed by atoms with E-state index in [0.717, 1.165) is 24.5 Å². The lowest BCUT2D eigenvalue weighted by Gasteiger charge is -2.18. The number of rotatable bonds is 10. The first-order valence-corrected chi connectivity index (χ1v) is 8.11. The molecule has 0 amide bonds. The predicted octanol–water partition coefficient (Wildman–Crippen LogP) is 2.96. The quantitative estimate of drug-likeness (QED) is 0.495. The van der Waals surface area contributed by atoms with Crippen LogP contribution in [0.15, 0.2) is 48.5 Å². The minimum atomic E-state index is -0.421. The molecule has 0 saturated carbocycles. The lowest BCUT2D eigenvalue weighted by atomic mass is 10.3. The standard InChI is InChI=1S/C17H21N5O4/c1-20(12-10-18-14-2-6-16(7-3-14)21(23)24)13-11-19-15-4-8-17(9-5-15)22(25)26/h2-9,18-19H,10-13H2,1H3. The average molecular weight is 359 g/mol. The Hall–Kier alpha value is -3.20. The highest BCUT2D eigenvalue weighted by Crippen LogP contribution is 2.16. The molecule has 0 saturated heterocycles. The number of nitrogens with one attached hydrogen (secondary N) is 2. The van der Waals surface area contributed by atoms with Crippen molar-refractivity contribution in [3.05, 3.63) is 68.8 Å². The molecule has 0 bridgehead atoms. The molecule has 0 spiro atoms. The minimum absolute atomic E-state index is 0.0741. The van der Waals surface area contributed by atoms with Crippen molar-refractivity contribution in [3.8, 4) is 0 Å². The monoisotopic (exact) mass is 359 g/mol. The normalized spacial score (nSPS) is 10.5. The van der Waals surface area contributed by atoms with Gasteiger partial charge < -0.3 is 15.5 Å². The summed E-state index contributed by atoms with van der Waals surface area (Å²) in [4.78, 5) is 22.5. The summed E-state index contributed by atoms with van der Waals surface area (Å²) in [6.07, 6.45) is 0. The zero-order chi connectivity index (χ0) is 18.9. The Morgan fingerprint density at radius 2 is 1.12 bits per heavy atom. The van der Waals surface area contributed by atoms with Gasteiger partial charge in [0.15, 0.2) is 0 Å². The summed E-state index contributed by atoms with van der Waals surface area (Å²) in [5, 5.41) is 27.7. The molecule has 9 nitrogen and oxygen atoms in total. The molecule has 9 heteroatoms. The SMILES string of the molecule is CN(CCNc1ccc([N+](=O)[O-])cc1)CCNc1ccc([N+](=O)[O-])cc1. The van der Waals surface area contributed by atoms with Crippen LogP contribution in [0.1, 0.15) is 0 Å². The summed E-state index contributed by atoms with van der Waals surface area (Å²) in [5.41, 5.74) is 1.83. The van der Waals surface area contributed by atoms with Gasteiger partial charge in [0, 0.05) is 61.8 Å². The van der Waals surface area contributed by atoms with E-state index >= 15 is 0 Å². The highest BCUT2D eigenvalue weighted by Gasteiger charge is 2.05. The maximum Gasteiger partial charge on any atom is 0.269 e. The molecule has 0 radical (unpaired) electrons. The molecule has 0 aliphatic rings. The van der Waals surface area contributed by atoms with Crippen molar-refractivity contribution in [1.29, 1.82) is 0 Å². The van der Waals surface area contributed by atoms with Gasteiger partial charge in [-0.05, 0) is 31.3 Å². The first kappa shape index (κ1) is 19.1. The molecule has 2 aromatic rings. The average Bonchev–Trinajstić information content (AvgIpc) is 2.62. The van der Waals surface area contributed by atoms with Gasteiger partial charge in [0.25, 0.3) is 11.4 Å². The van der Waals surface area contributed by atoms with Crippen molar-refractivity contribution < 1.29 is 9.85 Å². The molecule has 0 heterocycles. The summed E-state index contributed by atoms with van der Waals surface area (Å²) in [5.74, 6) is 0. The molecule has 0 atom stereocenters. The van der Waals surface area contributed by atoms with Crippen LogP contribution in [0.25, 0.3) is 0 Å². The number of nitrogens with zero attached hydrogens (tertiary/aromatic N) is 3. The van der Waals surface area contributed by atoms with Crippen LogP contribution in [0.3, 0.4) is 0 Å². The van der Waals surface area contributed by atoms with Gasteiger partial charge >= 0.3 is 0 Å². The summed E-state index contributed by atoms with van der Waals surface area (Å²) >= 11 is 0. The predicted molar refractivity (Wildman–Crippen MR) is 101 cm³/mol. The number of benzene rings is 2. The second kappa shape index (κ2) is 9.33. The van der Waals surface area contributed by atoms with Gasteiger partial charge in [-0.2, -0.15) is 0 Å². The number of nitro groups is 2. The van der Waals surface area contributed by atoms with Crippen LogP contribution in [0, 0.1) is 20.2 Å². The van der Waals surface area contributed by atoms with Gasteiger partial charge in [-0.25, -0.2) is 0 Å². The molecule has 138 valence electrons. The molecule has 0 aliphatic heterocycles. The zero-order valence-corrected chi connectivity index (χ0v) is 14.4. The van der Waals surface area contributed by atoms with E-state index in [1.54, 1.807) is 24.3 Å². The number of non-ortho nitro benzene ring substituents is 2. The van der Waals surface area contributed by atoms with Crippen molar-refractivity contribution in [1.82, 2.24) is 4.90 Å². The molecule has 2 aromatic carbocycles. The third-order valence-corrected chi connectivity index (χ3v) is 3.80. The number of hydrogen-bond donors (Lipinski definition) is 2. The summed E-state index contributed by atoms with van der Waals surface area (Å²) in [6, 6.07) is 12.6.